The molecule has 0 aromatic heterocycles. The normalized spacial score (nSPS) is 11.7. The van der Waals surface area contributed by atoms with Gasteiger partial charge in [-0.15, -0.1) is 0 Å². The van der Waals surface area contributed by atoms with Gasteiger partial charge in [-0.1, -0.05) is 18.2 Å². The quantitative estimate of drug-likeness (QED) is 0.399. The molecule has 0 aliphatic carbocycles. The third-order valence-corrected chi connectivity index (χ3v) is 3.56. The molecule has 112 valence electrons. The van der Waals surface area contributed by atoms with Gasteiger partial charge < -0.3 is 0 Å². The molecule has 0 spiro atoms. The van der Waals surface area contributed by atoms with Gasteiger partial charge in [0.15, 0.2) is 23.3 Å². The molecule has 0 bridgehead atoms. The van der Waals surface area contributed by atoms with Gasteiger partial charge in [-0.3, -0.25) is 4.55 Å². The van der Waals surface area contributed by atoms with Crippen molar-refractivity contribution in [3.05, 3.63) is 53.4 Å². The third-order valence-electron chi connectivity index (χ3n) is 2.64. The molecule has 0 heterocycles. The first-order valence-corrected chi connectivity index (χ1v) is 6.68. The number of hydrogen-bond acceptors (Lipinski definition) is 2. The van der Waals surface area contributed by atoms with Gasteiger partial charge in [0.05, 0.1) is 5.56 Å². The predicted molar refractivity (Wildman–Crippen MR) is 61.5 cm³/mol. The van der Waals surface area contributed by atoms with Crippen molar-refractivity contribution in [1.29, 1.82) is 0 Å². The van der Waals surface area contributed by atoms with Crippen LogP contribution < -0.4 is 0 Å². The van der Waals surface area contributed by atoms with Crippen LogP contribution in [-0.2, 0) is 10.1 Å². The molecular weight excluding hydrogens is 319 g/mol. The van der Waals surface area contributed by atoms with Gasteiger partial charge in [-0.05, 0) is 6.07 Å². The number of benzene rings is 2. The first-order chi connectivity index (χ1) is 9.66. The lowest BCUT2D eigenvalue weighted by Crippen LogP contribution is -2.07. The highest BCUT2D eigenvalue weighted by Crippen LogP contribution is 2.34. The summed E-state index contributed by atoms with van der Waals surface area (Å²) in [6.45, 7) is 0. The van der Waals surface area contributed by atoms with E-state index in [9.17, 15) is 30.4 Å². The van der Waals surface area contributed by atoms with Crippen LogP contribution in [0.4, 0.5) is 22.0 Å². The highest BCUT2D eigenvalue weighted by atomic mass is 32.2. The maximum absolute atomic E-state index is 13.7. The van der Waals surface area contributed by atoms with E-state index in [1.165, 1.54) is 0 Å². The second-order valence-electron chi connectivity index (χ2n) is 3.92. The minimum absolute atomic E-state index is 0.767. The average molecular weight is 324 g/mol. The second-order valence-corrected chi connectivity index (χ2v) is 5.31. The first-order valence-electron chi connectivity index (χ1n) is 5.24. The Morgan fingerprint density at radius 1 is 0.762 bits per heavy atom. The Bertz CT molecular complexity index is 804. The van der Waals surface area contributed by atoms with Crippen LogP contribution in [-0.4, -0.2) is 13.0 Å². The Morgan fingerprint density at radius 3 is 1.67 bits per heavy atom. The van der Waals surface area contributed by atoms with Gasteiger partial charge in [-0.25, -0.2) is 22.0 Å². The Balaban J connectivity index is 2.94. The zero-order valence-corrected chi connectivity index (χ0v) is 10.7. The zero-order chi connectivity index (χ0) is 15.9. The molecule has 0 unspecified atom stereocenters. The second kappa shape index (κ2) is 5.08. The van der Waals surface area contributed by atoms with Gasteiger partial charge in [0.1, 0.15) is 4.90 Å². The topological polar surface area (TPSA) is 54.4 Å². The first kappa shape index (κ1) is 15.4. The van der Waals surface area contributed by atoms with Crippen LogP contribution >= 0.6 is 0 Å². The van der Waals surface area contributed by atoms with Gasteiger partial charge in [0.25, 0.3) is 10.1 Å². The van der Waals surface area contributed by atoms with Crippen LogP contribution in [0.5, 0.6) is 0 Å². The van der Waals surface area contributed by atoms with Crippen molar-refractivity contribution >= 4 is 10.1 Å². The molecule has 0 saturated carbocycles. The summed E-state index contributed by atoms with van der Waals surface area (Å²) in [7, 11) is -4.92. The Morgan fingerprint density at radius 2 is 1.19 bits per heavy atom. The minimum Gasteiger partial charge on any atom is -0.282 e. The fourth-order valence-corrected chi connectivity index (χ4v) is 2.44. The van der Waals surface area contributed by atoms with Crippen LogP contribution in [0.2, 0.25) is 0 Å². The Hall–Kier alpha value is -2.00. The molecule has 9 heteroatoms. The summed E-state index contributed by atoms with van der Waals surface area (Å²) >= 11 is 0. The molecule has 2 rings (SSSR count). The van der Waals surface area contributed by atoms with Gasteiger partial charge in [0, 0.05) is 5.56 Å². The fraction of sp³-hybridized carbons (Fsp3) is 0. The third kappa shape index (κ3) is 2.49. The summed E-state index contributed by atoms with van der Waals surface area (Å²) in [6, 6.07) is 3.80. The van der Waals surface area contributed by atoms with Crippen molar-refractivity contribution in [3.8, 4) is 11.1 Å². The summed E-state index contributed by atoms with van der Waals surface area (Å²) in [5, 5.41) is 0. The Kier molecular flexibility index (Phi) is 3.72. The predicted octanol–water partition coefficient (Wildman–Crippen LogP) is 3.30. The van der Waals surface area contributed by atoms with Crippen molar-refractivity contribution in [1.82, 2.24) is 0 Å². The summed E-state index contributed by atoms with van der Waals surface area (Å²) in [6.07, 6.45) is 0. The molecule has 0 amide bonds. The van der Waals surface area contributed by atoms with E-state index in [1.807, 2.05) is 0 Å². The molecule has 0 aliphatic heterocycles. The molecular formula is C12H5F5O3S. The largest absolute Gasteiger partial charge is 0.295 e. The molecule has 1 N–H and O–H groups in total. The molecule has 0 fully saturated rings. The highest BCUT2D eigenvalue weighted by molar-refractivity contribution is 7.86. The van der Waals surface area contributed by atoms with E-state index in [1.54, 1.807) is 0 Å². The van der Waals surface area contributed by atoms with E-state index in [4.69, 9.17) is 4.55 Å². The summed E-state index contributed by atoms with van der Waals surface area (Å²) in [4.78, 5) is -0.979. The summed E-state index contributed by atoms with van der Waals surface area (Å²) in [5.41, 5.74) is -2.27. The van der Waals surface area contributed by atoms with Gasteiger partial charge in [0.2, 0.25) is 5.82 Å². The summed E-state index contributed by atoms with van der Waals surface area (Å²) < 4.78 is 97.8. The van der Waals surface area contributed by atoms with Crippen LogP contribution in [0, 0.1) is 29.1 Å². The van der Waals surface area contributed by atoms with Crippen molar-refractivity contribution in [2.75, 3.05) is 0 Å². The van der Waals surface area contributed by atoms with E-state index < -0.39 is 55.2 Å². The average Bonchev–Trinajstić information content (AvgIpc) is 2.43. The molecule has 21 heavy (non-hydrogen) atoms. The lowest BCUT2D eigenvalue weighted by atomic mass is 10.0. The minimum atomic E-state index is -4.92. The van der Waals surface area contributed by atoms with Gasteiger partial charge >= 0.3 is 0 Å². The lowest BCUT2D eigenvalue weighted by molar-refractivity contribution is 0.381. The lowest BCUT2D eigenvalue weighted by Gasteiger charge is -2.11. The van der Waals surface area contributed by atoms with E-state index >= 15 is 0 Å². The Labute approximate surface area is 115 Å². The van der Waals surface area contributed by atoms with Crippen LogP contribution in [0.25, 0.3) is 11.1 Å². The maximum atomic E-state index is 13.7. The molecule has 3 nitrogen and oxygen atoms in total. The zero-order valence-electron chi connectivity index (χ0n) is 9.87. The monoisotopic (exact) mass is 324 g/mol. The van der Waals surface area contributed by atoms with Crippen molar-refractivity contribution in [2.24, 2.45) is 0 Å². The number of rotatable bonds is 2. The standard InChI is InChI=1S/C12H5F5O3S/c13-8-7(9(14)11(16)12(17)10(8)15)5-3-1-2-4-6(5)21(18,19)20/h1-4H,(H,18,19,20). The van der Waals surface area contributed by atoms with Crippen molar-refractivity contribution < 1.29 is 34.9 Å². The van der Waals surface area contributed by atoms with Crippen LogP contribution in [0.3, 0.4) is 0 Å². The molecule has 2 aromatic carbocycles. The molecule has 0 saturated heterocycles. The van der Waals surface area contributed by atoms with Gasteiger partial charge in [-0.2, -0.15) is 8.42 Å². The highest BCUT2D eigenvalue weighted by Gasteiger charge is 2.29. The van der Waals surface area contributed by atoms with Crippen LogP contribution in [0.1, 0.15) is 0 Å². The van der Waals surface area contributed by atoms with Crippen molar-refractivity contribution in [2.45, 2.75) is 4.90 Å². The fourth-order valence-electron chi connectivity index (χ4n) is 1.74. The van der Waals surface area contributed by atoms with Crippen molar-refractivity contribution in [3.63, 3.8) is 0 Å². The smallest absolute Gasteiger partial charge is 0.282 e. The molecule has 0 aliphatic rings. The number of hydrogen-bond donors (Lipinski definition) is 1. The maximum Gasteiger partial charge on any atom is 0.295 e. The molecule has 0 atom stereocenters. The SMILES string of the molecule is O=S(=O)(O)c1ccccc1-c1c(F)c(F)c(F)c(F)c1F. The van der Waals surface area contributed by atoms with E-state index in [0.29, 0.717) is 0 Å². The van der Waals surface area contributed by atoms with E-state index in [2.05, 4.69) is 0 Å². The van der Waals surface area contributed by atoms with E-state index in [-0.39, 0.29) is 0 Å². The number of halogens is 5. The molecule has 2 aromatic rings. The summed E-state index contributed by atoms with van der Waals surface area (Å²) in [5.74, 6) is -11.2. The van der Waals surface area contributed by atoms with Crippen LogP contribution in [0.15, 0.2) is 29.2 Å². The molecule has 0 radical (unpaired) electrons. The van der Waals surface area contributed by atoms with E-state index in [0.717, 1.165) is 24.3 Å².